The molecule has 0 bridgehead atoms. The minimum Gasteiger partial charge on any atom is -0.395 e. The molecule has 118 valence electrons. The third kappa shape index (κ3) is 5.41. The van der Waals surface area contributed by atoms with Gasteiger partial charge in [0, 0.05) is 29.9 Å². The highest BCUT2D eigenvalue weighted by Gasteiger charge is 2.17. The third-order valence-electron chi connectivity index (χ3n) is 2.83. The first kappa shape index (κ1) is 18.0. The number of benzene rings is 1. The molecular weight excluding hydrogens is 302 g/mol. The molecule has 0 fully saturated rings. The Labute approximate surface area is 134 Å². The van der Waals surface area contributed by atoms with Gasteiger partial charge in [-0.3, -0.25) is 4.79 Å². The summed E-state index contributed by atoms with van der Waals surface area (Å²) in [6.45, 7) is -0.317. The molecule has 22 heavy (non-hydrogen) atoms. The third-order valence-corrected chi connectivity index (χ3v) is 3.56. The summed E-state index contributed by atoms with van der Waals surface area (Å²) in [6.07, 6.45) is 3.30. The van der Waals surface area contributed by atoms with Crippen molar-refractivity contribution >= 4 is 23.4 Å². The molecule has 1 aromatic carbocycles. The first-order valence-corrected chi connectivity index (χ1v) is 7.90. The number of nitriles is 1. The number of thioether (sulfide) groups is 1. The number of nitrogens with zero attached hydrogens (tertiary/aromatic N) is 2. The van der Waals surface area contributed by atoms with Gasteiger partial charge in [-0.1, -0.05) is 6.07 Å². The number of anilines is 1. The molecule has 0 unspecified atom stereocenters. The second kappa shape index (κ2) is 9.84. The first-order chi connectivity index (χ1) is 10.7. The van der Waals surface area contributed by atoms with Gasteiger partial charge in [-0.2, -0.15) is 5.26 Å². The Balaban J connectivity index is 2.84. The van der Waals surface area contributed by atoms with E-state index in [2.05, 4.69) is 5.32 Å². The molecule has 0 heterocycles. The van der Waals surface area contributed by atoms with E-state index in [9.17, 15) is 4.79 Å². The van der Waals surface area contributed by atoms with E-state index < -0.39 is 5.91 Å². The number of carbonyl (C=O) groups excluding carboxylic acids is 1. The largest absolute Gasteiger partial charge is 0.395 e. The Bertz CT molecular complexity index is 563. The van der Waals surface area contributed by atoms with Crippen LogP contribution < -0.4 is 5.32 Å². The summed E-state index contributed by atoms with van der Waals surface area (Å²) in [7, 11) is 0. The van der Waals surface area contributed by atoms with Gasteiger partial charge in [0.1, 0.15) is 11.6 Å². The number of aliphatic hydroxyl groups is 2. The molecule has 0 aliphatic heterocycles. The second-order valence-electron chi connectivity index (χ2n) is 4.29. The number of carbonyl (C=O) groups is 1. The van der Waals surface area contributed by atoms with Crippen LogP contribution in [0.5, 0.6) is 0 Å². The van der Waals surface area contributed by atoms with Crippen LogP contribution >= 0.6 is 11.8 Å². The molecule has 0 saturated heterocycles. The Morgan fingerprint density at radius 1 is 1.41 bits per heavy atom. The van der Waals surface area contributed by atoms with Crippen molar-refractivity contribution in [3.63, 3.8) is 0 Å². The van der Waals surface area contributed by atoms with Crippen molar-refractivity contribution < 1.29 is 15.0 Å². The monoisotopic (exact) mass is 321 g/mol. The number of nitrogens with one attached hydrogen (secondary N) is 1. The molecule has 3 N–H and O–H groups in total. The van der Waals surface area contributed by atoms with Crippen molar-refractivity contribution in [2.24, 2.45) is 0 Å². The van der Waals surface area contributed by atoms with Gasteiger partial charge in [-0.25, -0.2) is 0 Å². The van der Waals surface area contributed by atoms with Gasteiger partial charge in [0.05, 0.1) is 13.2 Å². The number of hydrogen-bond donors (Lipinski definition) is 3. The van der Waals surface area contributed by atoms with Crippen LogP contribution in [-0.4, -0.2) is 53.6 Å². The van der Waals surface area contributed by atoms with Gasteiger partial charge in [0.25, 0.3) is 5.91 Å². The van der Waals surface area contributed by atoms with Crippen LogP contribution in [0.25, 0.3) is 0 Å². The molecular formula is C15H19N3O3S. The normalized spacial score (nSPS) is 10.9. The van der Waals surface area contributed by atoms with Gasteiger partial charge in [0.2, 0.25) is 0 Å². The maximum atomic E-state index is 12.2. The lowest BCUT2D eigenvalue weighted by molar-refractivity contribution is -0.127. The molecule has 0 aliphatic carbocycles. The zero-order valence-electron chi connectivity index (χ0n) is 12.3. The Morgan fingerprint density at radius 3 is 2.64 bits per heavy atom. The van der Waals surface area contributed by atoms with Crippen molar-refractivity contribution in [1.29, 1.82) is 5.26 Å². The van der Waals surface area contributed by atoms with Crippen molar-refractivity contribution in [2.75, 3.05) is 37.9 Å². The van der Waals surface area contributed by atoms with Gasteiger partial charge < -0.3 is 20.4 Å². The predicted octanol–water partition coefficient (Wildman–Crippen LogP) is 1.04. The average molecular weight is 321 g/mol. The number of hydrogen-bond acceptors (Lipinski definition) is 6. The summed E-state index contributed by atoms with van der Waals surface area (Å²) in [5.74, 6) is -0.529. The molecule has 0 aliphatic rings. The Morgan fingerprint density at radius 2 is 2.09 bits per heavy atom. The highest BCUT2D eigenvalue weighted by atomic mass is 32.2. The molecule has 1 rings (SSSR count). The summed E-state index contributed by atoms with van der Waals surface area (Å²) < 4.78 is 0. The summed E-state index contributed by atoms with van der Waals surface area (Å²) in [6, 6.07) is 9.40. The summed E-state index contributed by atoms with van der Waals surface area (Å²) in [4.78, 5) is 14.5. The number of rotatable bonds is 8. The number of aliphatic hydroxyl groups excluding tert-OH is 2. The van der Waals surface area contributed by atoms with Gasteiger partial charge in [-0.15, -0.1) is 11.8 Å². The van der Waals surface area contributed by atoms with E-state index in [0.717, 1.165) is 10.6 Å². The van der Waals surface area contributed by atoms with E-state index in [1.807, 2.05) is 36.6 Å². The van der Waals surface area contributed by atoms with Gasteiger partial charge in [-0.05, 0) is 24.5 Å². The first-order valence-electron chi connectivity index (χ1n) is 6.68. The SMILES string of the molecule is CSc1cccc(N/C=C(/C#N)C(=O)N(CCO)CCO)c1. The van der Waals surface area contributed by atoms with Gasteiger partial charge >= 0.3 is 0 Å². The molecule has 0 spiro atoms. The van der Waals surface area contributed by atoms with Crippen LogP contribution in [-0.2, 0) is 4.79 Å². The van der Waals surface area contributed by atoms with E-state index in [4.69, 9.17) is 15.5 Å². The van der Waals surface area contributed by atoms with Crippen molar-refractivity contribution in [2.45, 2.75) is 4.90 Å². The minimum absolute atomic E-state index is 0.0698. The fraction of sp³-hybridized carbons (Fsp3) is 0.333. The van der Waals surface area contributed by atoms with E-state index in [1.165, 1.54) is 11.1 Å². The summed E-state index contributed by atoms with van der Waals surface area (Å²) in [5.41, 5.74) is 0.680. The van der Waals surface area contributed by atoms with E-state index in [0.29, 0.717) is 0 Å². The van der Waals surface area contributed by atoms with Crippen LogP contribution in [0.2, 0.25) is 0 Å². The van der Waals surface area contributed by atoms with Crippen molar-refractivity contribution in [3.8, 4) is 6.07 Å². The van der Waals surface area contributed by atoms with E-state index in [1.54, 1.807) is 11.8 Å². The lowest BCUT2D eigenvalue weighted by Crippen LogP contribution is -2.36. The molecule has 6 nitrogen and oxygen atoms in total. The highest BCUT2D eigenvalue weighted by Crippen LogP contribution is 2.19. The molecule has 0 atom stereocenters. The maximum Gasteiger partial charge on any atom is 0.266 e. The highest BCUT2D eigenvalue weighted by molar-refractivity contribution is 7.98. The Hall–Kier alpha value is -2.01. The summed E-state index contributed by atoms with van der Waals surface area (Å²) in [5, 5.41) is 29.9. The average Bonchev–Trinajstić information content (AvgIpc) is 2.55. The topological polar surface area (TPSA) is 96.6 Å². The molecule has 0 aromatic heterocycles. The van der Waals surface area contributed by atoms with Crippen LogP contribution in [0.15, 0.2) is 40.9 Å². The zero-order valence-corrected chi connectivity index (χ0v) is 13.1. The lowest BCUT2D eigenvalue weighted by atomic mass is 10.2. The predicted molar refractivity (Wildman–Crippen MR) is 86.3 cm³/mol. The van der Waals surface area contributed by atoms with Crippen LogP contribution in [0.4, 0.5) is 5.69 Å². The minimum atomic E-state index is -0.529. The second-order valence-corrected chi connectivity index (χ2v) is 5.17. The smallest absolute Gasteiger partial charge is 0.266 e. The van der Waals surface area contributed by atoms with E-state index in [-0.39, 0.29) is 31.9 Å². The van der Waals surface area contributed by atoms with Crippen molar-refractivity contribution in [1.82, 2.24) is 4.90 Å². The van der Waals surface area contributed by atoms with Crippen molar-refractivity contribution in [3.05, 3.63) is 36.0 Å². The van der Waals surface area contributed by atoms with Crippen LogP contribution in [0, 0.1) is 11.3 Å². The standard InChI is InChI=1S/C15H19N3O3S/c1-22-14-4-2-3-13(9-14)17-11-12(10-16)15(21)18(5-7-19)6-8-20/h2-4,9,11,17,19-20H,5-8H2,1H3/b12-11-. The lowest BCUT2D eigenvalue weighted by Gasteiger charge is -2.20. The fourth-order valence-corrected chi connectivity index (χ4v) is 2.20. The van der Waals surface area contributed by atoms with Crippen LogP contribution in [0.3, 0.4) is 0 Å². The van der Waals surface area contributed by atoms with Gasteiger partial charge in [0.15, 0.2) is 0 Å². The van der Waals surface area contributed by atoms with E-state index >= 15 is 0 Å². The molecule has 1 aromatic rings. The summed E-state index contributed by atoms with van der Waals surface area (Å²) >= 11 is 1.59. The molecule has 0 saturated carbocycles. The molecule has 7 heteroatoms. The zero-order chi connectivity index (χ0) is 16.4. The number of amides is 1. The quantitative estimate of drug-likeness (QED) is 0.376. The Kier molecular flexibility index (Phi) is 8.07. The molecule has 1 amide bonds. The van der Waals surface area contributed by atoms with Crippen LogP contribution in [0.1, 0.15) is 0 Å². The maximum absolute atomic E-state index is 12.2. The molecule has 0 radical (unpaired) electrons. The fourth-order valence-electron chi connectivity index (χ4n) is 1.74.